The quantitative estimate of drug-likeness (QED) is 0.289. The van der Waals surface area contributed by atoms with Crippen LogP contribution < -0.4 is 15.4 Å². The molecule has 3 N–H and O–H groups in total. The van der Waals surface area contributed by atoms with Gasteiger partial charge in [0.05, 0.1) is 6.54 Å². The average molecular weight is 380 g/mol. The molecule has 1 aliphatic heterocycles. The van der Waals surface area contributed by atoms with Crippen LogP contribution in [0.4, 0.5) is 0 Å². The Bertz CT molecular complexity index is 624. The zero-order chi connectivity index (χ0) is 18.7. The van der Waals surface area contributed by atoms with E-state index >= 15 is 0 Å². The summed E-state index contributed by atoms with van der Waals surface area (Å²) in [5.41, 5.74) is -0.959. The van der Waals surface area contributed by atoms with E-state index in [-0.39, 0.29) is 30.2 Å². The molecule has 0 aromatic rings. The summed E-state index contributed by atoms with van der Waals surface area (Å²) < 4.78 is 2.86. The molecule has 142 valence electrons. The highest BCUT2D eigenvalue weighted by atomic mass is 32.2. The first-order valence-corrected chi connectivity index (χ1v) is 9.77. The molecule has 8 nitrogen and oxygen atoms in total. The molecule has 0 aromatic heterocycles. The molecule has 1 heterocycles. The van der Waals surface area contributed by atoms with Gasteiger partial charge in [-0.1, -0.05) is 6.08 Å². The maximum atomic E-state index is 12.8. The van der Waals surface area contributed by atoms with Crippen molar-refractivity contribution in [2.45, 2.75) is 48.9 Å². The lowest BCUT2D eigenvalue weighted by Gasteiger charge is -2.26. The molecule has 3 aliphatic rings. The van der Waals surface area contributed by atoms with E-state index in [2.05, 4.69) is 21.9 Å². The van der Waals surface area contributed by atoms with E-state index in [0.29, 0.717) is 37.5 Å². The topological polar surface area (TPSA) is 108 Å². The van der Waals surface area contributed by atoms with Crippen LogP contribution in [0.25, 0.3) is 0 Å². The maximum absolute atomic E-state index is 12.8. The van der Waals surface area contributed by atoms with Gasteiger partial charge in [-0.25, -0.2) is 0 Å². The van der Waals surface area contributed by atoms with Gasteiger partial charge in [0.2, 0.25) is 18.2 Å². The molecule has 4 amide bonds. The first-order valence-electron chi connectivity index (χ1n) is 8.89. The monoisotopic (exact) mass is 380 g/mol. The van der Waals surface area contributed by atoms with Crippen molar-refractivity contribution in [1.29, 1.82) is 0 Å². The Kier molecular flexibility index (Phi) is 5.55. The molecule has 2 aliphatic carbocycles. The number of carbonyl (C=O) groups is 4. The van der Waals surface area contributed by atoms with Gasteiger partial charge in [-0.15, -0.1) is 6.58 Å². The Labute approximate surface area is 156 Å². The van der Waals surface area contributed by atoms with Crippen molar-refractivity contribution in [3.8, 4) is 0 Å². The lowest BCUT2D eigenvalue weighted by molar-refractivity contribution is -0.139. The van der Waals surface area contributed by atoms with Crippen LogP contribution in [0.5, 0.6) is 0 Å². The summed E-state index contributed by atoms with van der Waals surface area (Å²) in [5, 5.41) is 5.68. The van der Waals surface area contributed by atoms with Crippen LogP contribution in [0.3, 0.4) is 0 Å². The van der Waals surface area contributed by atoms with Crippen molar-refractivity contribution in [2.24, 2.45) is 5.92 Å². The van der Waals surface area contributed by atoms with E-state index in [1.165, 1.54) is 16.8 Å². The number of hydrogen-bond acceptors (Lipinski definition) is 5. The fraction of sp³-hybridized carbons (Fsp3) is 0.647. The molecule has 0 radical (unpaired) electrons. The van der Waals surface area contributed by atoms with E-state index in [0.717, 1.165) is 12.8 Å². The van der Waals surface area contributed by atoms with Gasteiger partial charge in [0.25, 0.3) is 5.91 Å². The van der Waals surface area contributed by atoms with Crippen LogP contribution in [-0.2, 0) is 19.2 Å². The zero-order valence-electron chi connectivity index (χ0n) is 14.5. The van der Waals surface area contributed by atoms with Crippen LogP contribution in [0.1, 0.15) is 32.1 Å². The number of carbonyl (C=O) groups excluding carboxylic acids is 4. The van der Waals surface area contributed by atoms with Gasteiger partial charge in [0, 0.05) is 17.7 Å². The minimum atomic E-state index is -0.959. The third-order valence-electron chi connectivity index (χ3n) is 5.11. The number of nitrogens with one attached hydrogen (secondary N) is 3. The summed E-state index contributed by atoms with van der Waals surface area (Å²) in [7, 11) is 0. The number of likely N-dealkylation sites (tertiary alicyclic amines) is 1. The third kappa shape index (κ3) is 3.87. The van der Waals surface area contributed by atoms with E-state index < -0.39 is 11.6 Å². The van der Waals surface area contributed by atoms with Gasteiger partial charge in [0.15, 0.2) is 0 Å². The van der Waals surface area contributed by atoms with Gasteiger partial charge < -0.3 is 15.5 Å². The molecule has 0 spiro atoms. The summed E-state index contributed by atoms with van der Waals surface area (Å²) in [6.45, 7) is 4.08. The fourth-order valence-corrected chi connectivity index (χ4v) is 4.15. The minimum absolute atomic E-state index is 0.103. The second-order valence-corrected chi connectivity index (χ2v) is 8.11. The third-order valence-corrected chi connectivity index (χ3v) is 6.21. The van der Waals surface area contributed by atoms with E-state index in [4.69, 9.17) is 0 Å². The summed E-state index contributed by atoms with van der Waals surface area (Å²) in [4.78, 5) is 49.4. The Hall–Kier alpha value is -2.03. The van der Waals surface area contributed by atoms with Crippen molar-refractivity contribution < 1.29 is 19.2 Å². The Morgan fingerprint density at radius 2 is 2.04 bits per heavy atom. The minimum Gasteiger partial charge on any atom is -0.350 e. The lowest BCUT2D eigenvalue weighted by Crippen LogP contribution is -2.55. The average Bonchev–Trinajstić information content (AvgIpc) is 3.54. The van der Waals surface area contributed by atoms with Crippen LogP contribution in [0.15, 0.2) is 12.7 Å². The van der Waals surface area contributed by atoms with Crippen molar-refractivity contribution in [1.82, 2.24) is 20.3 Å². The van der Waals surface area contributed by atoms with Crippen molar-refractivity contribution in [3.63, 3.8) is 0 Å². The van der Waals surface area contributed by atoms with Crippen LogP contribution in [0.2, 0.25) is 0 Å². The summed E-state index contributed by atoms with van der Waals surface area (Å²) in [6, 6.07) is -0.609. The molecule has 3 rings (SSSR count). The molecule has 1 saturated heterocycles. The Morgan fingerprint density at radius 1 is 1.27 bits per heavy atom. The normalized spacial score (nSPS) is 29.6. The molecular weight excluding hydrogens is 356 g/mol. The predicted octanol–water partition coefficient (Wildman–Crippen LogP) is -0.289. The van der Waals surface area contributed by atoms with Gasteiger partial charge in [-0.3, -0.25) is 23.9 Å². The summed E-state index contributed by atoms with van der Waals surface area (Å²) in [5.74, 6) is -0.925. The molecule has 26 heavy (non-hydrogen) atoms. The van der Waals surface area contributed by atoms with Gasteiger partial charge in [-0.05, 0) is 44.1 Å². The highest BCUT2D eigenvalue weighted by molar-refractivity contribution is 7.98. The van der Waals surface area contributed by atoms with Gasteiger partial charge in [0.1, 0.15) is 11.6 Å². The molecule has 3 fully saturated rings. The highest BCUT2D eigenvalue weighted by Gasteiger charge is 2.60. The smallest absolute Gasteiger partial charge is 0.256 e. The molecule has 9 heteroatoms. The van der Waals surface area contributed by atoms with Crippen LogP contribution in [-0.4, -0.2) is 59.0 Å². The predicted molar refractivity (Wildman–Crippen MR) is 96.7 cm³/mol. The molecule has 2 saturated carbocycles. The molecule has 0 aromatic carbocycles. The van der Waals surface area contributed by atoms with E-state index in [1.807, 2.05) is 0 Å². The van der Waals surface area contributed by atoms with Gasteiger partial charge >= 0.3 is 0 Å². The standard InChI is InChI=1S/C17H24N4O4S/c1-2-11-8-17(11,16(25)20-26-12-5-6-12)19-15(24)13-4-3-7-21(13)14(23)9-18-10-22/h2,10-13H,1,3-9H2,(H,18,22)(H,19,24)(H,20,25). The number of amides is 4. The Morgan fingerprint density at radius 3 is 2.65 bits per heavy atom. The maximum Gasteiger partial charge on any atom is 0.256 e. The molecular formula is C17H24N4O4S. The van der Waals surface area contributed by atoms with E-state index in [9.17, 15) is 19.2 Å². The van der Waals surface area contributed by atoms with Crippen LogP contribution in [0, 0.1) is 5.92 Å². The Balaban J connectivity index is 1.62. The molecule has 3 atom stereocenters. The number of rotatable bonds is 9. The first kappa shape index (κ1) is 18.8. The van der Waals surface area contributed by atoms with Crippen LogP contribution >= 0.6 is 11.9 Å². The molecule has 0 bridgehead atoms. The lowest BCUT2D eigenvalue weighted by atomic mass is 10.1. The van der Waals surface area contributed by atoms with Crippen molar-refractivity contribution >= 4 is 36.1 Å². The number of hydrogen-bond donors (Lipinski definition) is 3. The summed E-state index contributed by atoms with van der Waals surface area (Å²) >= 11 is 1.41. The second kappa shape index (κ2) is 7.69. The largest absolute Gasteiger partial charge is 0.350 e. The van der Waals surface area contributed by atoms with Gasteiger partial charge in [-0.2, -0.15) is 0 Å². The highest BCUT2D eigenvalue weighted by Crippen LogP contribution is 2.45. The first-order chi connectivity index (χ1) is 12.5. The van der Waals surface area contributed by atoms with Crippen molar-refractivity contribution in [3.05, 3.63) is 12.7 Å². The van der Waals surface area contributed by atoms with E-state index in [1.54, 1.807) is 6.08 Å². The van der Waals surface area contributed by atoms with Crippen molar-refractivity contribution in [2.75, 3.05) is 13.1 Å². The fourth-order valence-electron chi connectivity index (χ4n) is 3.32. The number of nitrogens with zero attached hydrogens (tertiary/aromatic N) is 1. The molecule has 3 unspecified atom stereocenters. The zero-order valence-corrected chi connectivity index (χ0v) is 15.3. The SMILES string of the molecule is C=CC1CC1(NC(=O)C1CCCN1C(=O)CNC=O)C(=O)NSC1CC1. The summed E-state index contributed by atoms with van der Waals surface area (Å²) in [6.07, 6.45) is 6.13. The second-order valence-electron chi connectivity index (χ2n) is 7.00.